The molecule has 7 heteroatoms. The third-order valence-corrected chi connectivity index (χ3v) is 5.71. The van der Waals surface area contributed by atoms with Crippen LogP contribution in [-0.2, 0) is 16.6 Å². The maximum atomic E-state index is 12.5. The maximum absolute atomic E-state index is 12.5. The largest absolute Gasteiger partial charge is 0.366 e. The molecule has 1 heterocycles. The second-order valence-corrected chi connectivity index (χ2v) is 8.08. The number of rotatable bonds is 7. The summed E-state index contributed by atoms with van der Waals surface area (Å²) in [7, 11) is -3.75. The number of aromatic nitrogens is 1. The molecule has 0 saturated heterocycles. The van der Waals surface area contributed by atoms with Gasteiger partial charge in [0.25, 0.3) is 10.0 Å². The highest BCUT2D eigenvalue weighted by molar-refractivity contribution is 7.92. The van der Waals surface area contributed by atoms with Crippen LogP contribution in [-0.4, -0.2) is 19.2 Å². The number of hydrogen-bond acceptors (Lipinski definition) is 5. The van der Waals surface area contributed by atoms with Gasteiger partial charge in [-0.3, -0.25) is 9.52 Å². The van der Waals surface area contributed by atoms with E-state index < -0.39 is 10.0 Å². The second-order valence-electron chi connectivity index (χ2n) is 6.40. The Hall–Kier alpha value is -3.19. The lowest BCUT2D eigenvalue weighted by Gasteiger charge is -2.10. The third-order valence-electron chi connectivity index (χ3n) is 4.31. The average Bonchev–Trinajstić information content (AvgIpc) is 2.68. The fourth-order valence-corrected chi connectivity index (χ4v) is 3.68. The Labute approximate surface area is 164 Å². The normalized spacial score (nSPS) is 11.1. The van der Waals surface area contributed by atoms with Crippen molar-refractivity contribution in [3.8, 4) is 0 Å². The van der Waals surface area contributed by atoms with Crippen molar-refractivity contribution in [2.24, 2.45) is 0 Å². The van der Waals surface area contributed by atoms with E-state index >= 15 is 0 Å². The highest BCUT2D eigenvalue weighted by Gasteiger charge is 2.14. The molecule has 3 rings (SSSR count). The zero-order chi connectivity index (χ0) is 20.1. The summed E-state index contributed by atoms with van der Waals surface area (Å²) in [5.74, 6) is 0.534. The monoisotopic (exact) mass is 395 g/mol. The predicted octanol–water partition coefficient (Wildman–Crippen LogP) is 4.01. The summed E-state index contributed by atoms with van der Waals surface area (Å²) < 4.78 is 27.4. The van der Waals surface area contributed by atoms with Crippen molar-refractivity contribution in [3.63, 3.8) is 0 Å². The lowest BCUT2D eigenvalue weighted by Crippen LogP contribution is -2.13. The molecule has 0 bridgehead atoms. The van der Waals surface area contributed by atoms with Crippen LogP contribution in [0, 0.1) is 6.92 Å². The van der Waals surface area contributed by atoms with E-state index in [0.29, 0.717) is 23.6 Å². The molecule has 0 aliphatic carbocycles. The molecular weight excluding hydrogens is 374 g/mol. The zero-order valence-corrected chi connectivity index (χ0v) is 16.5. The molecule has 0 atom stereocenters. The van der Waals surface area contributed by atoms with Gasteiger partial charge in [0.15, 0.2) is 5.78 Å². The summed E-state index contributed by atoms with van der Waals surface area (Å²) in [6.07, 6.45) is 1.46. The van der Waals surface area contributed by atoms with Gasteiger partial charge in [0, 0.05) is 12.1 Å². The van der Waals surface area contributed by atoms with E-state index in [2.05, 4.69) is 15.0 Å². The number of carbonyl (C=O) groups is 1. The van der Waals surface area contributed by atoms with Crippen LogP contribution in [0.1, 0.15) is 28.4 Å². The lowest BCUT2D eigenvalue weighted by atomic mass is 10.1. The number of nitrogens with one attached hydrogen (secondary N) is 2. The molecule has 2 aromatic carbocycles. The Balaban J connectivity index is 1.66. The molecule has 1 aromatic heterocycles. The number of ketones is 1. The number of carbonyl (C=O) groups excluding carboxylic acids is 1. The van der Waals surface area contributed by atoms with Crippen LogP contribution in [0.25, 0.3) is 0 Å². The molecule has 0 fully saturated rings. The summed E-state index contributed by atoms with van der Waals surface area (Å²) >= 11 is 0. The third kappa shape index (κ3) is 4.75. The number of sulfonamides is 1. The van der Waals surface area contributed by atoms with Gasteiger partial charge in [0.05, 0.1) is 16.8 Å². The number of pyridine rings is 1. The standard InChI is InChI=1S/C21H21N3O3S/c1-15-5-3-4-6-18(15)13-22-21-12-9-19(14-23-21)24-28(26,27)20-10-7-17(8-11-20)16(2)25/h3-12,14,24H,13H2,1-2H3,(H,22,23). The van der Waals surface area contributed by atoms with E-state index in [1.165, 1.54) is 48.5 Å². The van der Waals surface area contributed by atoms with E-state index in [-0.39, 0.29) is 10.7 Å². The van der Waals surface area contributed by atoms with Crippen LogP contribution in [0.15, 0.2) is 71.8 Å². The van der Waals surface area contributed by atoms with Gasteiger partial charge in [-0.1, -0.05) is 36.4 Å². The molecule has 3 aromatic rings. The van der Waals surface area contributed by atoms with Gasteiger partial charge in [-0.25, -0.2) is 13.4 Å². The fourth-order valence-electron chi connectivity index (χ4n) is 2.64. The molecule has 0 unspecified atom stereocenters. The van der Waals surface area contributed by atoms with Gasteiger partial charge in [-0.2, -0.15) is 0 Å². The topological polar surface area (TPSA) is 88.2 Å². The quantitative estimate of drug-likeness (QED) is 0.590. The van der Waals surface area contributed by atoms with Gasteiger partial charge in [0.1, 0.15) is 5.82 Å². The lowest BCUT2D eigenvalue weighted by molar-refractivity contribution is 0.101. The van der Waals surface area contributed by atoms with Crippen LogP contribution in [0.5, 0.6) is 0 Å². The Morgan fingerprint density at radius 3 is 2.32 bits per heavy atom. The van der Waals surface area contributed by atoms with Crippen LogP contribution in [0.2, 0.25) is 0 Å². The molecule has 0 radical (unpaired) electrons. The van der Waals surface area contributed by atoms with Crippen molar-refractivity contribution < 1.29 is 13.2 Å². The SMILES string of the molecule is CC(=O)c1ccc(S(=O)(=O)Nc2ccc(NCc3ccccc3C)nc2)cc1. The van der Waals surface area contributed by atoms with Crippen molar-refractivity contribution >= 4 is 27.3 Å². The molecule has 0 aliphatic heterocycles. The minimum atomic E-state index is -3.75. The first kappa shape index (κ1) is 19.6. The van der Waals surface area contributed by atoms with Gasteiger partial charge in [0.2, 0.25) is 0 Å². The second kappa shape index (κ2) is 8.22. The molecule has 0 spiro atoms. The highest BCUT2D eigenvalue weighted by atomic mass is 32.2. The van der Waals surface area contributed by atoms with Crippen molar-refractivity contribution in [2.45, 2.75) is 25.3 Å². The number of Topliss-reactive ketones (excluding diaryl/α,β-unsaturated/α-hetero) is 1. The van der Waals surface area contributed by atoms with Crippen LogP contribution in [0.3, 0.4) is 0 Å². The minimum absolute atomic E-state index is 0.0826. The Kier molecular flexibility index (Phi) is 5.75. The fraction of sp³-hybridized carbons (Fsp3) is 0.143. The van der Waals surface area contributed by atoms with E-state index in [0.717, 1.165) is 0 Å². The summed E-state index contributed by atoms with van der Waals surface area (Å²) in [5, 5.41) is 3.22. The first-order chi connectivity index (χ1) is 13.3. The van der Waals surface area contributed by atoms with E-state index in [9.17, 15) is 13.2 Å². The molecule has 0 aliphatic rings. The van der Waals surface area contributed by atoms with Gasteiger partial charge in [-0.15, -0.1) is 0 Å². The highest BCUT2D eigenvalue weighted by Crippen LogP contribution is 2.18. The first-order valence-corrected chi connectivity index (χ1v) is 10.2. The molecular formula is C21H21N3O3S. The predicted molar refractivity (Wildman–Crippen MR) is 110 cm³/mol. The molecule has 6 nitrogen and oxygen atoms in total. The maximum Gasteiger partial charge on any atom is 0.261 e. The number of benzene rings is 2. The minimum Gasteiger partial charge on any atom is -0.366 e. The number of nitrogens with zero attached hydrogens (tertiary/aromatic N) is 1. The van der Waals surface area contributed by atoms with Crippen molar-refractivity contribution in [1.82, 2.24) is 4.98 Å². The van der Waals surface area contributed by atoms with Gasteiger partial charge in [-0.05, 0) is 49.2 Å². The van der Waals surface area contributed by atoms with Crippen LogP contribution in [0.4, 0.5) is 11.5 Å². The number of hydrogen-bond donors (Lipinski definition) is 2. The van der Waals surface area contributed by atoms with Crippen molar-refractivity contribution in [3.05, 3.63) is 83.6 Å². The van der Waals surface area contributed by atoms with E-state index in [1.54, 1.807) is 12.1 Å². The summed E-state index contributed by atoms with van der Waals surface area (Å²) in [6, 6.07) is 17.2. The Morgan fingerprint density at radius 2 is 1.71 bits per heavy atom. The molecule has 144 valence electrons. The first-order valence-electron chi connectivity index (χ1n) is 8.73. The molecule has 0 amide bonds. The number of aryl methyl sites for hydroxylation is 1. The summed E-state index contributed by atoms with van der Waals surface area (Å²) in [6.45, 7) is 4.11. The van der Waals surface area contributed by atoms with E-state index in [1.807, 2.05) is 31.2 Å². The smallest absolute Gasteiger partial charge is 0.261 e. The van der Waals surface area contributed by atoms with Crippen molar-refractivity contribution in [1.29, 1.82) is 0 Å². The van der Waals surface area contributed by atoms with Crippen LogP contribution < -0.4 is 10.0 Å². The number of anilines is 2. The summed E-state index contributed by atoms with van der Waals surface area (Å²) in [5.41, 5.74) is 3.18. The molecule has 28 heavy (non-hydrogen) atoms. The van der Waals surface area contributed by atoms with Crippen molar-refractivity contribution in [2.75, 3.05) is 10.0 Å². The Bertz CT molecular complexity index is 1080. The van der Waals surface area contributed by atoms with Gasteiger partial charge >= 0.3 is 0 Å². The van der Waals surface area contributed by atoms with E-state index in [4.69, 9.17) is 0 Å². The van der Waals surface area contributed by atoms with Crippen LogP contribution >= 0.6 is 0 Å². The molecule has 2 N–H and O–H groups in total. The molecule has 0 saturated carbocycles. The van der Waals surface area contributed by atoms with Gasteiger partial charge < -0.3 is 5.32 Å². The Morgan fingerprint density at radius 1 is 1.00 bits per heavy atom. The zero-order valence-electron chi connectivity index (χ0n) is 15.6. The summed E-state index contributed by atoms with van der Waals surface area (Å²) in [4.78, 5) is 15.7. The average molecular weight is 395 g/mol.